The van der Waals surface area contributed by atoms with E-state index in [-0.39, 0.29) is 12.0 Å². The van der Waals surface area contributed by atoms with Gasteiger partial charge in [-0.15, -0.1) is 11.3 Å². The molecule has 1 aromatic rings. The van der Waals surface area contributed by atoms with Crippen LogP contribution in [0.1, 0.15) is 19.3 Å². The van der Waals surface area contributed by atoms with Gasteiger partial charge in [-0.1, -0.05) is 18.6 Å². The molecule has 0 aromatic carbocycles. The molecule has 3 N–H and O–H groups in total. The van der Waals surface area contributed by atoms with Crippen molar-refractivity contribution in [2.75, 3.05) is 0 Å². The van der Waals surface area contributed by atoms with Crippen LogP contribution in [-0.2, 0) is 10.0 Å². The van der Waals surface area contributed by atoms with Crippen LogP contribution in [0.5, 0.6) is 0 Å². The molecular formula is C10H13BrN2O2S3. The summed E-state index contributed by atoms with van der Waals surface area (Å²) < 4.78 is 28.1. The molecule has 1 aliphatic carbocycles. The van der Waals surface area contributed by atoms with E-state index < -0.39 is 10.0 Å². The lowest BCUT2D eigenvalue weighted by Gasteiger charge is -2.19. The maximum absolute atomic E-state index is 12.2. The summed E-state index contributed by atoms with van der Waals surface area (Å²) in [5.74, 6) is -0.0295. The maximum atomic E-state index is 12.2. The van der Waals surface area contributed by atoms with Crippen molar-refractivity contribution in [3.05, 3.63) is 15.9 Å². The molecule has 1 saturated carbocycles. The summed E-state index contributed by atoms with van der Waals surface area (Å²) in [6, 6.07) is 3.13. The van der Waals surface area contributed by atoms with Gasteiger partial charge in [0.15, 0.2) is 0 Å². The Morgan fingerprint density at radius 3 is 2.78 bits per heavy atom. The fourth-order valence-corrected chi connectivity index (χ4v) is 5.76. The molecule has 2 atom stereocenters. The van der Waals surface area contributed by atoms with Crippen molar-refractivity contribution in [3.8, 4) is 0 Å². The molecule has 1 aromatic heterocycles. The number of nitrogens with two attached hydrogens (primary N) is 1. The zero-order valence-corrected chi connectivity index (χ0v) is 13.5. The van der Waals surface area contributed by atoms with E-state index in [1.807, 2.05) is 0 Å². The van der Waals surface area contributed by atoms with E-state index in [0.717, 1.165) is 23.0 Å². The number of halogens is 1. The highest BCUT2D eigenvalue weighted by Gasteiger charge is 2.33. The fourth-order valence-electron chi connectivity index (χ4n) is 2.14. The number of thiophene rings is 1. The molecule has 0 radical (unpaired) electrons. The predicted octanol–water partition coefficient (Wildman–Crippen LogP) is 2.24. The van der Waals surface area contributed by atoms with Crippen LogP contribution in [0.15, 0.2) is 20.1 Å². The average Bonchev–Trinajstić information content (AvgIpc) is 2.86. The minimum Gasteiger partial charge on any atom is -0.393 e. The Bertz CT molecular complexity index is 555. The Morgan fingerprint density at radius 1 is 1.50 bits per heavy atom. The first-order valence-corrected chi connectivity index (χ1v) is 8.97. The lowest BCUT2D eigenvalue weighted by Crippen LogP contribution is -2.41. The summed E-state index contributed by atoms with van der Waals surface area (Å²) in [5.41, 5.74) is 5.64. The van der Waals surface area contributed by atoms with Gasteiger partial charge in [0.1, 0.15) is 4.21 Å². The van der Waals surface area contributed by atoms with Gasteiger partial charge in [-0.05, 0) is 40.9 Å². The van der Waals surface area contributed by atoms with Crippen LogP contribution in [-0.4, -0.2) is 19.4 Å². The Morgan fingerprint density at radius 2 is 2.22 bits per heavy atom. The molecule has 0 bridgehead atoms. The number of sulfonamides is 1. The van der Waals surface area contributed by atoms with Crippen LogP contribution in [0.4, 0.5) is 0 Å². The van der Waals surface area contributed by atoms with Gasteiger partial charge in [-0.3, -0.25) is 0 Å². The molecule has 100 valence electrons. The fraction of sp³-hybridized carbons (Fsp3) is 0.500. The third kappa shape index (κ3) is 3.11. The summed E-state index contributed by atoms with van der Waals surface area (Å²) in [5, 5.41) is 0. The molecule has 0 saturated heterocycles. The smallest absolute Gasteiger partial charge is 0.250 e. The third-order valence-corrected chi connectivity index (χ3v) is 6.91. The number of thiocarbonyl (C=S) groups is 1. The maximum Gasteiger partial charge on any atom is 0.250 e. The summed E-state index contributed by atoms with van der Waals surface area (Å²) >= 11 is 9.43. The highest BCUT2D eigenvalue weighted by molar-refractivity contribution is 9.11. The van der Waals surface area contributed by atoms with Crippen molar-refractivity contribution in [2.24, 2.45) is 11.7 Å². The average molecular weight is 369 g/mol. The summed E-state index contributed by atoms with van der Waals surface area (Å²) in [6.07, 6.45) is 2.59. The van der Waals surface area contributed by atoms with E-state index in [1.165, 1.54) is 11.3 Å². The Balaban J connectivity index is 2.16. The minimum atomic E-state index is -3.47. The van der Waals surface area contributed by atoms with Crippen LogP contribution in [0.2, 0.25) is 0 Å². The molecule has 2 unspecified atom stereocenters. The van der Waals surface area contributed by atoms with E-state index >= 15 is 0 Å². The third-order valence-electron chi connectivity index (χ3n) is 3.00. The second-order valence-corrected chi connectivity index (χ2v) is 9.10. The first-order valence-electron chi connectivity index (χ1n) is 5.47. The first kappa shape index (κ1) is 14.4. The minimum absolute atomic E-state index is 0.0295. The van der Waals surface area contributed by atoms with Crippen molar-refractivity contribution in [1.82, 2.24) is 4.72 Å². The van der Waals surface area contributed by atoms with Gasteiger partial charge < -0.3 is 5.73 Å². The first-order chi connectivity index (χ1) is 8.40. The van der Waals surface area contributed by atoms with Gasteiger partial charge in [0.2, 0.25) is 10.0 Å². The van der Waals surface area contributed by atoms with Crippen molar-refractivity contribution < 1.29 is 8.42 Å². The highest BCUT2D eigenvalue weighted by Crippen LogP contribution is 2.30. The molecule has 1 aliphatic rings. The standard InChI is InChI=1S/C10H13BrN2O2S3/c11-8-4-5-9(17-8)18(14,15)13-7-3-1-2-6(7)10(12)16/h4-7,13H,1-3H2,(H2,12,16). The van der Waals surface area contributed by atoms with E-state index in [2.05, 4.69) is 20.7 Å². The zero-order valence-electron chi connectivity index (χ0n) is 9.43. The normalized spacial score (nSPS) is 24.3. The van der Waals surface area contributed by atoms with Gasteiger partial charge >= 0.3 is 0 Å². The van der Waals surface area contributed by atoms with E-state index in [9.17, 15) is 8.42 Å². The molecule has 0 amide bonds. The molecule has 2 rings (SSSR count). The van der Waals surface area contributed by atoms with E-state index in [0.29, 0.717) is 9.20 Å². The van der Waals surface area contributed by atoms with Crippen LogP contribution < -0.4 is 10.5 Å². The van der Waals surface area contributed by atoms with Crippen molar-refractivity contribution in [2.45, 2.75) is 29.5 Å². The summed E-state index contributed by atoms with van der Waals surface area (Å²) in [7, 11) is -3.47. The van der Waals surface area contributed by atoms with E-state index in [1.54, 1.807) is 12.1 Å². The van der Waals surface area contributed by atoms with Crippen molar-refractivity contribution in [3.63, 3.8) is 0 Å². The van der Waals surface area contributed by atoms with E-state index in [4.69, 9.17) is 18.0 Å². The molecule has 0 aliphatic heterocycles. The topological polar surface area (TPSA) is 72.2 Å². The van der Waals surface area contributed by atoms with Crippen LogP contribution >= 0.6 is 39.5 Å². The largest absolute Gasteiger partial charge is 0.393 e. The molecule has 18 heavy (non-hydrogen) atoms. The van der Waals surface area contributed by atoms with Crippen LogP contribution in [0.3, 0.4) is 0 Å². The number of hydrogen-bond acceptors (Lipinski definition) is 4. The second-order valence-electron chi connectivity index (χ2n) is 4.23. The van der Waals surface area contributed by atoms with Gasteiger partial charge in [0.25, 0.3) is 0 Å². The predicted molar refractivity (Wildman–Crippen MR) is 80.3 cm³/mol. The molecule has 4 nitrogen and oxygen atoms in total. The van der Waals surface area contributed by atoms with Gasteiger partial charge in [-0.2, -0.15) is 0 Å². The van der Waals surface area contributed by atoms with Gasteiger partial charge in [0.05, 0.1) is 8.77 Å². The Kier molecular flexibility index (Phi) is 4.43. The quantitative estimate of drug-likeness (QED) is 0.799. The molecule has 1 heterocycles. The Hall–Kier alpha value is -0.0200. The zero-order chi connectivity index (χ0) is 13.3. The summed E-state index contributed by atoms with van der Waals surface area (Å²) in [4.78, 5) is 0.396. The Labute approximate surface area is 124 Å². The molecule has 8 heteroatoms. The van der Waals surface area contributed by atoms with Crippen molar-refractivity contribution in [1.29, 1.82) is 0 Å². The molecular weight excluding hydrogens is 356 g/mol. The number of rotatable bonds is 4. The monoisotopic (exact) mass is 368 g/mol. The number of hydrogen-bond donors (Lipinski definition) is 2. The summed E-state index contributed by atoms with van der Waals surface area (Å²) in [6.45, 7) is 0. The number of nitrogens with one attached hydrogen (secondary N) is 1. The van der Waals surface area contributed by atoms with Crippen LogP contribution in [0, 0.1) is 5.92 Å². The SMILES string of the molecule is NC(=S)C1CCCC1NS(=O)(=O)c1ccc(Br)s1. The molecule has 1 fully saturated rings. The van der Waals surface area contributed by atoms with Crippen LogP contribution in [0.25, 0.3) is 0 Å². The van der Waals surface area contributed by atoms with Gasteiger partial charge in [0, 0.05) is 12.0 Å². The lowest BCUT2D eigenvalue weighted by atomic mass is 10.1. The molecule has 0 spiro atoms. The van der Waals surface area contributed by atoms with Crippen molar-refractivity contribution >= 4 is 54.5 Å². The second kappa shape index (κ2) is 5.54. The van der Waals surface area contributed by atoms with Gasteiger partial charge in [-0.25, -0.2) is 13.1 Å². The lowest BCUT2D eigenvalue weighted by molar-refractivity contribution is 0.526. The highest BCUT2D eigenvalue weighted by atomic mass is 79.9.